The van der Waals surface area contributed by atoms with Gasteiger partial charge in [0.25, 0.3) is 10.2 Å². The summed E-state index contributed by atoms with van der Waals surface area (Å²) in [5, 5.41) is 0. The second kappa shape index (κ2) is 6.22. The first-order valence-electron chi connectivity index (χ1n) is 6.78. The fourth-order valence-electron chi connectivity index (χ4n) is 2.28. The van der Waals surface area contributed by atoms with Gasteiger partial charge < -0.3 is 4.74 Å². The average Bonchev–Trinajstić information content (AvgIpc) is 2.40. The normalized spacial score (nSPS) is 24.0. The number of nitrogens with one attached hydrogen (secondary N) is 1. The molecule has 2 rings (SSSR count). The summed E-state index contributed by atoms with van der Waals surface area (Å²) in [5.41, 5.74) is 2.19. The van der Waals surface area contributed by atoms with Crippen LogP contribution in [0.5, 0.6) is 0 Å². The van der Waals surface area contributed by atoms with Gasteiger partial charge in [0.05, 0.1) is 12.1 Å². The van der Waals surface area contributed by atoms with Crippen LogP contribution in [0.25, 0.3) is 0 Å². The topological polar surface area (TPSA) is 58.6 Å². The lowest BCUT2D eigenvalue weighted by atomic mass is 9.96. The Kier molecular flexibility index (Phi) is 4.80. The van der Waals surface area contributed by atoms with Gasteiger partial charge in [0.15, 0.2) is 0 Å². The van der Waals surface area contributed by atoms with Gasteiger partial charge in [-0.3, -0.25) is 0 Å². The Labute approximate surface area is 121 Å². The zero-order chi connectivity index (χ0) is 14.8. The minimum atomic E-state index is -3.44. The van der Waals surface area contributed by atoms with Crippen molar-refractivity contribution in [2.24, 2.45) is 0 Å². The van der Waals surface area contributed by atoms with Crippen LogP contribution in [0.3, 0.4) is 0 Å². The molecule has 0 spiro atoms. The van der Waals surface area contributed by atoms with Gasteiger partial charge in [-0.1, -0.05) is 29.8 Å². The lowest BCUT2D eigenvalue weighted by Crippen LogP contribution is -2.47. The highest BCUT2D eigenvalue weighted by Gasteiger charge is 2.31. The third-order valence-electron chi connectivity index (χ3n) is 3.51. The third-order valence-corrected chi connectivity index (χ3v) is 5.07. The average molecular weight is 298 g/mol. The van der Waals surface area contributed by atoms with Gasteiger partial charge in [0, 0.05) is 20.7 Å². The van der Waals surface area contributed by atoms with Gasteiger partial charge >= 0.3 is 0 Å². The summed E-state index contributed by atoms with van der Waals surface area (Å²) in [6.45, 7) is 2.69. The summed E-state index contributed by atoms with van der Waals surface area (Å²) in [7, 11) is -0.402. The molecule has 1 fully saturated rings. The van der Waals surface area contributed by atoms with Crippen LogP contribution in [-0.4, -0.2) is 39.5 Å². The highest BCUT2D eigenvalue weighted by molar-refractivity contribution is 7.87. The number of aryl methyl sites for hydroxylation is 1. The Balaban J connectivity index is 2.19. The number of nitrogens with zero attached hydrogens (tertiary/aromatic N) is 1. The molecule has 0 aliphatic carbocycles. The first-order valence-corrected chi connectivity index (χ1v) is 8.22. The molecule has 0 unspecified atom stereocenters. The Morgan fingerprint density at radius 2 is 1.90 bits per heavy atom. The Bertz CT molecular complexity index is 540. The zero-order valence-corrected chi connectivity index (χ0v) is 13.0. The van der Waals surface area contributed by atoms with Crippen molar-refractivity contribution in [1.29, 1.82) is 0 Å². The first-order chi connectivity index (χ1) is 9.40. The minimum Gasteiger partial charge on any atom is -0.372 e. The summed E-state index contributed by atoms with van der Waals surface area (Å²) in [6, 6.07) is 7.82. The van der Waals surface area contributed by atoms with Gasteiger partial charge in [-0.15, -0.1) is 0 Å². The van der Waals surface area contributed by atoms with Crippen LogP contribution in [0.15, 0.2) is 24.3 Å². The molecule has 0 bridgehead atoms. The molecule has 20 heavy (non-hydrogen) atoms. The molecule has 1 N–H and O–H groups in total. The standard InChI is InChI=1S/C14H22N2O3S/c1-11-6-8-12(9-7-11)14-13(5-4-10-19-14)15-20(17,18)16(2)3/h6-9,13-15H,4-5,10H2,1-3H3/t13-,14-/m0/s1. The van der Waals surface area contributed by atoms with Crippen molar-refractivity contribution >= 4 is 10.2 Å². The van der Waals surface area contributed by atoms with Crippen LogP contribution in [-0.2, 0) is 14.9 Å². The Morgan fingerprint density at radius 3 is 2.50 bits per heavy atom. The molecule has 1 aromatic carbocycles. The van der Waals surface area contributed by atoms with Crippen molar-refractivity contribution in [1.82, 2.24) is 9.03 Å². The van der Waals surface area contributed by atoms with Crippen LogP contribution < -0.4 is 4.72 Å². The Morgan fingerprint density at radius 1 is 1.25 bits per heavy atom. The Hall–Kier alpha value is -0.950. The van der Waals surface area contributed by atoms with Crippen LogP contribution in [0.4, 0.5) is 0 Å². The molecule has 1 aliphatic rings. The van der Waals surface area contributed by atoms with E-state index < -0.39 is 10.2 Å². The molecule has 6 heteroatoms. The summed E-state index contributed by atoms with van der Waals surface area (Å²) in [6.07, 6.45) is 1.42. The maximum Gasteiger partial charge on any atom is 0.279 e. The van der Waals surface area contributed by atoms with Gasteiger partial charge in [0.1, 0.15) is 0 Å². The monoisotopic (exact) mass is 298 g/mol. The van der Waals surface area contributed by atoms with E-state index in [0.717, 1.165) is 18.4 Å². The summed E-state index contributed by atoms with van der Waals surface area (Å²) < 4.78 is 33.7. The van der Waals surface area contributed by atoms with E-state index >= 15 is 0 Å². The van der Waals surface area contributed by atoms with Crippen LogP contribution >= 0.6 is 0 Å². The van der Waals surface area contributed by atoms with E-state index in [1.807, 2.05) is 31.2 Å². The molecule has 1 saturated heterocycles. The minimum absolute atomic E-state index is 0.223. The molecule has 0 amide bonds. The number of ether oxygens (including phenoxy) is 1. The zero-order valence-electron chi connectivity index (χ0n) is 12.2. The summed E-state index contributed by atoms with van der Waals surface area (Å²) >= 11 is 0. The van der Waals surface area contributed by atoms with E-state index in [4.69, 9.17) is 4.74 Å². The third kappa shape index (κ3) is 3.58. The van der Waals surface area contributed by atoms with Crippen molar-refractivity contribution in [2.45, 2.75) is 31.9 Å². The second-order valence-electron chi connectivity index (χ2n) is 5.36. The molecule has 0 aromatic heterocycles. The van der Waals surface area contributed by atoms with Crippen molar-refractivity contribution in [3.63, 3.8) is 0 Å². The van der Waals surface area contributed by atoms with Crippen molar-refractivity contribution in [2.75, 3.05) is 20.7 Å². The van der Waals surface area contributed by atoms with Crippen molar-refractivity contribution in [3.8, 4) is 0 Å². The predicted octanol–water partition coefficient (Wildman–Crippen LogP) is 1.61. The molecule has 0 saturated carbocycles. The molecule has 2 atom stereocenters. The quantitative estimate of drug-likeness (QED) is 0.919. The van der Waals surface area contributed by atoms with Gasteiger partial charge in [-0.25, -0.2) is 0 Å². The molecule has 1 heterocycles. The van der Waals surface area contributed by atoms with E-state index in [1.54, 1.807) is 0 Å². The fourth-order valence-corrected chi connectivity index (χ4v) is 3.12. The molecule has 0 radical (unpaired) electrons. The van der Waals surface area contributed by atoms with Crippen molar-refractivity contribution < 1.29 is 13.2 Å². The van der Waals surface area contributed by atoms with E-state index in [0.29, 0.717) is 6.61 Å². The van der Waals surface area contributed by atoms with Crippen molar-refractivity contribution in [3.05, 3.63) is 35.4 Å². The van der Waals surface area contributed by atoms with Crippen LogP contribution in [0.2, 0.25) is 0 Å². The molecule has 5 nitrogen and oxygen atoms in total. The maximum atomic E-state index is 12.0. The molecule has 1 aromatic rings. The molecule has 1 aliphatic heterocycles. The maximum absolute atomic E-state index is 12.0. The lowest BCUT2D eigenvalue weighted by Gasteiger charge is -2.33. The van der Waals surface area contributed by atoms with E-state index in [2.05, 4.69) is 4.72 Å². The van der Waals surface area contributed by atoms with Gasteiger partial charge in [0.2, 0.25) is 0 Å². The smallest absolute Gasteiger partial charge is 0.279 e. The fraction of sp³-hybridized carbons (Fsp3) is 0.571. The summed E-state index contributed by atoms with van der Waals surface area (Å²) in [5.74, 6) is 0. The van der Waals surface area contributed by atoms with E-state index in [9.17, 15) is 8.42 Å². The number of hydrogen-bond acceptors (Lipinski definition) is 3. The number of benzene rings is 1. The molecular formula is C14H22N2O3S. The lowest BCUT2D eigenvalue weighted by molar-refractivity contribution is -0.00473. The summed E-state index contributed by atoms with van der Waals surface area (Å²) in [4.78, 5) is 0. The number of rotatable bonds is 4. The van der Waals surface area contributed by atoms with Crippen LogP contribution in [0.1, 0.15) is 30.1 Å². The largest absolute Gasteiger partial charge is 0.372 e. The van der Waals surface area contributed by atoms with Crippen LogP contribution in [0, 0.1) is 6.92 Å². The highest BCUT2D eigenvalue weighted by atomic mass is 32.2. The second-order valence-corrected chi connectivity index (χ2v) is 7.27. The first kappa shape index (κ1) is 15.4. The molecule has 112 valence electrons. The van der Waals surface area contributed by atoms with E-state index in [-0.39, 0.29) is 12.1 Å². The van der Waals surface area contributed by atoms with Gasteiger partial charge in [-0.2, -0.15) is 17.4 Å². The highest BCUT2D eigenvalue weighted by Crippen LogP contribution is 2.29. The van der Waals surface area contributed by atoms with E-state index in [1.165, 1.54) is 24.0 Å². The SMILES string of the molecule is Cc1ccc([C@@H]2OCCC[C@@H]2NS(=O)(=O)N(C)C)cc1. The number of hydrogen-bond donors (Lipinski definition) is 1. The van der Waals surface area contributed by atoms with Gasteiger partial charge in [-0.05, 0) is 25.3 Å². The molecular weight excluding hydrogens is 276 g/mol. The predicted molar refractivity (Wildman–Crippen MR) is 78.6 cm³/mol.